The van der Waals surface area contributed by atoms with E-state index in [0.29, 0.717) is 21.4 Å². The van der Waals surface area contributed by atoms with Gasteiger partial charge in [0.1, 0.15) is 0 Å². The highest BCUT2D eigenvalue weighted by Gasteiger charge is 2.15. The molecule has 0 saturated heterocycles. The van der Waals surface area contributed by atoms with Crippen LogP contribution in [0.4, 0.5) is 10.8 Å². The Bertz CT molecular complexity index is 1470. The largest absolute Gasteiger partial charge is 0.301 e. The molecule has 0 aliphatic heterocycles. The predicted molar refractivity (Wildman–Crippen MR) is 122 cm³/mol. The topological polar surface area (TPSA) is 121 Å². The van der Waals surface area contributed by atoms with E-state index in [2.05, 4.69) is 20.0 Å². The molecule has 0 aliphatic rings. The summed E-state index contributed by atoms with van der Waals surface area (Å²) in [7, 11) is -0.919. The Morgan fingerprint density at radius 1 is 1.06 bits per heavy atom. The number of hydrogen-bond acceptors (Lipinski definition) is 7. The van der Waals surface area contributed by atoms with Gasteiger partial charge in [0.25, 0.3) is 5.91 Å². The average molecular weight is 456 g/mol. The van der Waals surface area contributed by atoms with E-state index in [0.717, 1.165) is 4.31 Å². The molecule has 0 atom stereocenters. The molecule has 0 spiro atoms. The molecule has 0 saturated carbocycles. The zero-order valence-corrected chi connectivity index (χ0v) is 18.1. The Kier molecular flexibility index (Phi) is 5.39. The molecular weight excluding hydrogens is 438 g/mol. The zero-order valence-electron chi connectivity index (χ0n) is 16.5. The molecule has 1 amide bonds. The molecule has 158 valence electrons. The van der Waals surface area contributed by atoms with Gasteiger partial charge in [-0.05, 0) is 29.7 Å². The number of hydrogen-bond donors (Lipinski definition) is 2. The third-order valence-electron chi connectivity index (χ3n) is 4.52. The van der Waals surface area contributed by atoms with E-state index >= 15 is 0 Å². The average Bonchev–Trinajstić information content (AvgIpc) is 3.20. The van der Waals surface area contributed by atoms with Crippen molar-refractivity contribution in [3.8, 4) is 0 Å². The van der Waals surface area contributed by atoms with E-state index in [9.17, 15) is 18.0 Å². The number of anilines is 2. The minimum Gasteiger partial charge on any atom is -0.298 e. The van der Waals surface area contributed by atoms with Gasteiger partial charge in [-0.15, -0.1) is 11.3 Å². The molecule has 2 aromatic heterocycles. The smallest absolute Gasteiger partial charge is 0.298 e. The fraction of sp³-hybridized carbons (Fsp3) is 0.100. The van der Waals surface area contributed by atoms with Gasteiger partial charge in [0.15, 0.2) is 10.6 Å². The Hall–Kier alpha value is -3.41. The first-order chi connectivity index (χ1) is 14.7. The highest BCUT2D eigenvalue weighted by molar-refractivity contribution is 7.90. The summed E-state index contributed by atoms with van der Waals surface area (Å²) in [6, 6.07) is 9.59. The van der Waals surface area contributed by atoms with Gasteiger partial charge in [0, 0.05) is 42.6 Å². The van der Waals surface area contributed by atoms with Gasteiger partial charge in [0.05, 0.1) is 16.8 Å². The van der Waals surface area contributed by atoms with Gasteiger partial charge in [0.2, 0.25) is 0 Å². The number of carbonyl (C=O) groups excluding carboxylic acids is 1. The lowest BCUT2D eigenvalue weighted by atomic mass is 10.1. The number of fused-ring (bicyclic) bond motifs is 2. The van der Waals surface area contributed by atoms with Crippen LogP contribution >= 0.6 is 11.3 Å². The van der Waals surface area contributed by atoms with Crippen LogP contribution in [-0.2, 0) is 10.2 Å². The van der Waals surface area contributed by atoms with Gasteiger partial charge < -0.3 is 0 Å². The normalized spacial score (nSPS) is 11.7. The van der Waals surface area contributed by atoms with Crippen molar-refractivity contribution in [1.29, 1.82) is 0 Å². The molecule has 31 heavy (non-hydrogen) atoms. The van der Waals surface area contributed by atoms with Crippen molar-refractivity contribution in [3.05, 3.63) is 70.0 Å². The first-order valence-corrected chi connectivity index (χ1v) is 11.3. The van der Waals surface area contributed by atoms with Crippen LogP contribution < -0.4 is 15.5 Å². The number of thiazole rings is 1. The maximum atomic E-state index is 13.3. The lowest BCUT2D eigenvalue weighted by Gasteiger charge is -2.13. The predicted octanol–water partition coefficient (Wildman–Crippen LogP) is 2.68. The van der Waals surface area contributed by atoms with Gasteiger partial charge >= 0.3 is 10.2 Å². The second-order valence-electron chi connectivity index (χ2n) is 6.80. The number of aromatic nitrogens is 2. The number of rotatable bonds is 5. The molecule has 0 aliphatic carbocycles. The number of amides is 1. The van der Waals surface area contributed by atoms with Crippen molar-refractivity contribution in [2.45, 2.75) is 0 Å². The monoisotopic (exact) mass is 455 g/mol. The molecule has 4 rings (SSSR count). The third-order valence-corrected chi connectivity index (χ3v) is 6.67. The summed E-state index contributed by atoms with van der Waals surface area (Å²) in [5.41, 5.74) is 0.520. The van der Waals surface area contributed by atoms with Crippen molar-refractivity contribution < 1.29 is 13.2 Å². The summed E-state index contributed by atoms with van der Waals surface area (Å²) >= 11 is 1.28. The van der Waals surface area contributed by atoms with Gasteiger partial charge in [-0.3, -0.25) is 24.6 Å². The molecule has 2 heterocycles. The number of nitrogens with one attached hydrogen (secondary N) is 2. The molecule has 11 heteroatoms. The Morgan fingerprint density at radius 2 is 1.84 bits per heavy atom. The molecule has 2 aromatic carbocycles. The fourth-order valence-corrected chi connectivity index (χ4v) is 4.02. The van der Waals surface area contributed by atoms with E-state index < -0.39 is 16.1 Å². The van der Waals surface area contributed by atoms with Crippen LogP contribution in [0.1, 0.15) is 10.4 Å². The van der Waals surface area contributed by atoms with E-state index in [1.807, 2.05) is 0 Å². The minimum absolute atomic E-state index is 0.212. The van der Waals surface area contributed by atoms with E-state index in [4.69, 9.17) is 0 Å². The quantitative estimate of drug-likeness (QED) is 0.477. The number of pyridine rings is 1. The SMILES string of the molecule is CN(C)S(=O)(=O)Nc1ccc2ccc3ncc(C(=O)Nc4nccs4)cc3c(=O)c2c1. The second kappa shape index (κ2) is 8.02. The third kappa shape index (κ3) is 4.24. The van der Waals surface area contributed by atoms with Crippen molar-refractivity contribution in [2.24, 2.45) is 0 Å². The van der Waals surface area contributed by atoms with E-state index in [-0.39, 0.29) is 22.1 Å². The van der Waals surface area contributed by atoms with E-state index in [1.165, 1.54) is 43.8 Å². The Morgan fingerprint density at radius 3 is 2.55 bits per heavy atom. The van der Waals surface area contributed by atoms with Crippen LogP contribution in [0.3, 0.4) is 0 Å². The van der Waals surface area contributed by atoms with Crippen LogP contribution in [0.5, 0.6) is 0 Å². The summed E-state index contributed by atoms with van der Waals surface area (Å²) in [6.45, 7) is 0. The molecular formula is C20H17N5O4S2. The Balaban J connectivity index is 1.82. The maximum absolute atomic E-state index is 13.3. The molecule has 0 unspecified atom stereocenters. The van der Waals surface area contributed by atoms with Crippen LogP contribution in [0.2, 0.25) is 0 Å². The fourth-order valence-electron chi connectivity index (χ4n) is 2.88. The van der Waals surface area contributed by atoms with Gasteiger partial charge in [-0.1, -0.05) is 12.1 Å². The first-order valence-electron chi connectivity index (χ1n) is 9.02. The highest BCUT2D eigenvalue weighted by Crippen LogP contribution is 2.20. The highest BCUT2D eigenvalue weighted by atomic mass is 32.2. The summed E-state index contributed by atoms with van der Waals surface area (Å²) in [6.07, 6.45) is 2.97. The minimum atomic E-state index is -3.72. The number of benzene rings is 1. The molecule has 4 aromatic rings. The van der Waals surface area contributed by atoms with Crippen molar-refractivity contribution in [1.82, 2.24) is 14.3 Å². The molecule has 9 nitrogen and oxygen atoms in total. The Labute approximate surface area is 181 Å². The van der Waals surface area contributed by atoms with Gasteiger partial charge in [-0.25, -0.2) is 4.98 Å². The summed E-state index contributed by atoms with van der Waals surface area (Å²) < 4.78 is 27.7. The lowest BCUT2D eigenvalue weighted by molar-refractivity contribution is 0.102. The van der Waals surface area contributed by atoms with Crippen molar-refractivity contribution in [3.63, 3.8) is 0 Å². The van der Waals surface area contributed by atoms with Crippen LogP contribution in [0.25, 0.3) is 21.7 Å². The van der Waals surface area contributed by atoms with E-state index in [1.54, 1.807) is 35.8 Å². The van der Waals surface area contributed by atoms with Crippen LogP contribution in [0.15, 0.2) is 59.0 Å². The standard InChI is InChI=1S/C20H17N5O4S2/c1-25(2)31(28,29)24-14-5-3-12-4-6-17-16(18(26)15(12)10-14)9-13(11-22-17)19(27)23-20-21-7-8-30-20/h3-11,24H,1-2H3,(H,21,23,27). The second-order valence-corrected chi connectivity index (χ2v) is 9.58. The lowest BCUT2D eigenvalue weighted by Crippen LogP contribution is -2.28. The van der Waals surface area contributed by atoms with Crippen molar-refractivity contribution in [2.75, 3.05) is 24.1 Å². The molecule has 0 fully saturated rings. The van der Waals surface area contributed by atoms with Gasteiger partial charge in [-0.2, -0.15) is 12.7 Å². The number of nitrogens with zero attached hydrogens (tertiary/aromatic N) is 3. The molecule has 0 bridgehead atoms. The summed E-state index contributed by atoms with van der Waals surface area (Å²) in [5.74, 6) is -0.431. The zero-order chi connectivity index (χ0) is 22.2. The first kappa shape index (κ1) is 20.8. The molecule has 0 radical (unpaired) electrons. The van der Waals surface area contributed by atoms with Crippen molar-refractivity contribution >= 4 is 59.9 Å². The number of carbonyl (C=O) groups is 1. The summed E-state index contributed by atoms with van der Waals surface area (Å²) in [4.78, 5) is 34.1. The maximum Gasteiger partial charge on any atom is 0.301 e. The van der Waals surface area contributed by atoms with Crippen LogP contribution in [-0.4, -0.2) is 42.7 Å². The summed E-state index contributed by atoms with van der Waals surface area (Å²) in [5, 5.41) is 5.99. The van der Waals surface area contributed by atoms with Crippen LogP contribution in [0, 0.1) is 0 Å². The molecule has 2 N–H and O–H groups in total.